The fourth-order valence-corrected chi connectivity index (χ4v) is 3.09. The molecule has 5 heteroatoms. The van der Waals surface area contributed by atoms with Gasteiger partial charge in [0.2, 0.25) is 5.91 Å². The first-order valence-electron chi connectivity index (χ1n) is 8.09. The Balaban J connectivity index is 1.87. The molecule has 1 aromatic rings. The summed E-state index contributed by atoms with van der Waals surface area (Å²) >= 11 is 0. The third-order valence-corrected chi connectivity index (χ3v) is 4.34. The van der Waals surface area contributed by atoms with E-state index in [-0.39, 0.29) is 17.8 Å². The Morgan fingerprint density at radius 2 is 2.14 bits per heavy atom. The maximum absolute atomic E-state index is 12.9. The van der Waals surface area contributed by atoms with E-state index in [0.29, 0.717) is 19.1 Å². The maximum atomic E-state index is 12.9. The van der Waals surface area contributed by atoms with Crippen LogP contribution in [-0.4, -0.2) is 36.5 Å². The van der Waals surface area contributed by atoms with Crippen molar-refractivity contribution in [2.45, 2.75) is 44.7 Å². The van der Waals surface area contributed by atoms with Gasteiger partial charge >= 0.3 is 0 Å². The molecule has 1 aromatic carbocycles. The van der Waals surface area contributed by atoms with Crippen LogP contribution in [-0.2, 0) is 4.79 Å². The number of rotatable bonds is 6. The van der Waals surface area contributed by atoms with Crippen molar-refractivity contribution < 1.29 is 9.18 Å². The van der Waals surface area contributed by atoms with E-state index < -0.39 is 0 Å². The van der Waals surface area contributed by atoms with Crippen molar-refractivity contribution in [3.05, 3.63) is 35.6 Å². The minimum Gasteiger partial charge on any atom is -0.348 e. The van der Waals surface area contributed by atoms with Crippen molar-refractivity contribution >= 4 is 5.91 Å². The number of nitrogens with one attached hydrogen (secondary N) is 1. The van der Waals surface area contributed by atoms with Crippen molar-refractivity contribution in [1.29, 1.82) is 0 Å². The molecule has 0 aliphatic carbocycles. The van der Waals surface area contributed by atoms with Crippen molar-refractivity contribution in [3.8, 4) is 0 Å². The number of nitrogens with two attached hydrogens (primary N) is 1. The Morgan fingerprint density at radius 3 is 2.82 bits per heavy atom. The number of carbonyl (C=O) groups excluding carboxylic acids is 1. The van der Waals surface area contributed by atoms with E-state index in [4.69, 9.17) is 5.73 Å². The third-order valence-electron chi connectivity index (χ3n) is 4.34. The van der Waals surface area contributed by atoms with Crippen molar-refractivity contribution in [1.82, 2.24) is 10.2 Å². The molecule has 0 spiro atoms. The van der Waals surface area contributed by atoms with Crippen LogP contribution in [0.3, 0.4) is 0 Å². The Labute approximate surface area is 131 Å². The van der Waals surface area contributed by atoms with Crippen LogP contribution in [0.15, 0.2) is 24.3 Å². The Bertz CT molecular complexity index is 475. The van der Waals surface area contributed by atoms with Gasteiger partial charge in [0, 0.05) is 6.04 Å². The van der Waals surface area contributed by atoms with Gasteiger partial charge in [-0.2, -0.15) is 0 Å². The molecule has 1 heterocycles. The van der Waals surface area contributed by atoms with Gasteiger partial charge in [-0.15, -0.1) is 0 Å². The van der Waals surface area contributed by atoms with Crippen molar-refractivity contribution in [3.63, 3.8) is 0 Å². The molecule has 1 aliphatic rings. The molecule has 0 radical (unpaired) electrons. The summed E-state index contributed by atoms with van der Waals surface area (Å²) in [4.78, 5) is 14.5. The highest BCUT2D eigenvalue weighted by Crippen LogP contribution is 2.19. The Morgan fingerprint density at radius 1 is 1.41 bits per heavy atom. The summed E-state index contributed by atoms with van der Waals surface area (Å²) in [6, 6.07) is 6.55. The molecule has 2 atom stereocenters. The summed E-state index contributed by atoms with van der Waals surface area (Å²) in [6.45, 7) is 3.95. The quantitative estimate of drug-likeness (QED) is 0.847. The van der Waals surface area contributed by atoms with E-state index in [1.54, 1.807) is 12.1 Å². The second kappa shape index (κ2) is 8.25. The van der Waals surface area contributed by atoms with Crippen LogP contribution in [0.2, 0.25) is 0 Å². The lowest BCUT2D eigenvalue weighted by atomic mass is 9.99. The predicted octanol–water partition coefficient (Wildman–Crippen LogP) is 2.21. The molecule has 22 heavy (non-hydrogen) atoms. The number of hydrogen-bond donors (Lipinski definition) is 2. The van der Waals surface area contributed by atoms with Gasteiger partial charge in [-0.1, -0.05) is 18.6 Å². The molecule has 3 N–H and O–H groups in total. The lowest BCUT2D eigenvalue weighted by molar-refractivity contribution is -0.123. The molecule has 0 bridgehead atoms. The molecule has 1 fully saturated rings. The monoisotopic (exact) mass is 307 g/mol. The van der Waals surface area contributed by atoms with Crippen molar-refractivity contribution in [2.24, 2.45) is 5.73 Å². The molecule has 1 aliphatic heterocycles. The average Bonchev–Trinajstić information content (AvgIpc) is 2.50. The van der Waals surface area contributed by atoms with Crippen LogP contribution in [0.25, 0.3) is 0 Å². The van der Waals surface area contributed by atoms with Crippen LogP contribution >= 0.6 is 0 Å². The molecule has 2 unspecified atom stereocenters. The molecule has 2 rings (SSSR count). The standard InChI is InChI=1S/C17H26FN3O/c1-13(14-5-7-15(18)8-6-14)20-17(22)12-21-11-3-2-4-16(21)9-10-19/h5-8,13,16H,2-4,9-12,19H2,1H3,(H,20,22). The van der Waals surface area contributed by atoms with E-state index in [2.05, 4.69) is 10.2 Å². The molecule has 122 valence electrons. The first-order valence-corrected chi connectivity index (χ1v) is 8.09. The summed E-state index contributed by atoms with van der Waals surface area (Å²) in [6.07, 6.45) is 4.43. The van der Waals surface area contributed by atoms with Crippen LogP contribution in [0.4, 0.5) is 4.39 Å². The normalized spacial score (nSPS) is 20.6. The van der Waals surface area contributed by atoms with Crippen LogP contribution in [0.1, 0.15) is 44.2 Å². The highest BCUT2D eigenvalue weighted by molar-refractivity contribution is 5.78. The van der Waals surface area contributed by atoms with Gasteiger partial charge < -0.3 is 11.1 Å². The van der Waals surface area contributed by atoms with Gasteiger partial charge in [-0.25, -0.2) is 4.39 Å². The molecule has 0 saturated carbocycles. The fraction of sp³-hybridized carbons (Fsp3) is 0.588. The SMILES string of the molecule is CC(NC(=O)CN1CCCCC1CCN)c1ccc(F)cc1. The number of likely N-dealkylation sites (tertiary alicyclic amines) is 1. The smallest absolute Gasteiger partial charge is 0.234 e. The number of nitrogens with zero attached hydrogens (tertiary/aromatic N) is 1. The average molecular weight is 307 g/mol. The van der Waals surface area contributed by atoms with Gasteiger partial charge in [-0.05, 0) is 57.0 Å². The zero-order valence-electron chi connectivity index (χ0n) is 13.2. The summed E-state index contributed by atoms with van der Waals surface area (Å²) in [5, 5.41) is 2.99. The van der Waals surface area contributed by atoms with Gasteiger partial charge in [-0.3, -0.25) is 9.69 Å². The zero-order chi connectivity index (χ0) is 15.9. The first-order chi connectivity index (χ1) is 10.6. The third kappa shape index (κ3) is 4.78. The summed E-state index contributed by atoms with van der Waals surface area (Å²) < 4.78 is 12.9. The van der Waals surface area contributed by atoms with Gasteiger partial charge in [0.05, 0.1) is 12.6 Å². The van der Waals surface area contributed by atoms with Crippen molar-refractivity contribution in [2.75, 3.05) is 19.6 Å². The van der Waals surface area contributed by atoms with E-state index in [1.165, 1.54) is 18.6 Å². The first kappa shape index (κ1) is 16.9. The molecule has 0 aromatic heterocycles. The number of piperidine rings is 1. The second-order valence-corrected chi connectivity index (χ2v) is 6.04. The minimum absolute atomic E-state index is 0.0146. The molecular formula is C17H26FN3O. The number of halogens is 1. The molecule has 1 amide bonds. The van der Waals surface area contributed by atoms with Gasteiger partial charge in [0.25, 0.3) is 0 Å². The molecule has 1 saturated heterocycles. The number of carbonyl (C=O) groups is 1. The topological polar surface area (TPSA) is 58.4 Å². The van der Waals surface area contributed by atoms with Gasteiger partial charge in [0.1, 0.15) is 5.82 Å². The Kier molecular flexibility index (Phi) is 6.34. The largest absolute Gasteiger partial charge is 0.348 e. The predicted molar refractivity (Wildman–Crippen MR) is 85.8 cm³/mol. The zero-order valence-corrected chi connectivity index (χ0v) is 13.2. The second-order valence-electron chi connectivity index (χ2n) is 6.04. The number of hydrogen-bond acceptors (Lipinski definition) is 3. The molecular weight excluding hydrogens is 281 g/mol. The van der Waals surface area contributed by atoms with E-state index >= 15 is 0 Å². The minimum atomic E-state index is -0.264. The van der Waals surface area contributed by atoms with Gasteiger partial charge in [0.15, 0.2) is 0 Å². The maximum Gasteiger partial charge on any atom is 0.234 e. The summed E-state index contributed by atoms with van der Waals surface area (Å²) in [5.74, 6) is -0.249. The van der Waals surface area contributed by atoms with Crippen LogP contribution in [0, 0.1) is 5.82 Å². The lowest BCUT2D eigenvalue weighted by Gasteiger charge is -2.35. The Hall–Kier alpha value is -1.46. The van der Waals surface area contributed by atoms with E-state index in [0.717, 1.165) is 31.4 Å². The van der Waals surface area contributed by atoms with Crippen LogP contribution in [0.5, 0.6) is 0 Å². The fourth-order valence-electron chi connectivity index (χ4n) is 3.09. The summed E-state index contributed by atoms with van der Waals surface area (Å²) in [5.41, 5.74) is 6.57. The highest BCUT2D eigenvalue weighted by Gasteiger charge is 2.24. The van der Waals surface area contributed by atoms with E-state index in [9.17, 15) is 9.18 Å². The van der Waals surface area contributed by atoms with E-state index in [1.807, 2.05) is 6.92 Å². The molecule has 4 nitrogen and oxygen atoms in total. The van der Waals surface area contributed by atoms with Crippen LogP contribution < -0.4 is 11.1 Å². The number of benzene rings is 1. The lowest BCUT2D eigenvalue weighted by Crippen LogP contribution is -2.46. The number of amides is 1. The summed E-state index contributed by atoms with van der Waals surface area (Å²) in [7, 11) is 0. The highest BCUT2D eigenvalue weighted by atomic mass is 19.1.